The van der Waals surface area contributed by atoms with E-state index in [9.17, 15) is 15.0 Å². The first-order valence-electron chi connectivity index (χ1n) is 11.1. The number of aliphatic hydroxyl groups is 2. The molecule has 0 radical (unpaired) electrons. The van der Waals surface area contributed by atoms with E-state index >= 15 is 0 Å². The van der Waals surface area contributed by atoms with E-state index in [1.165, 1.54) is 83.5 Å². The van der Waals surface area contributed by atoms with Crippen molar-refractivity contribution in [3.63, 3.8) is 0 Å². The van der Waals surface area contributed by atoms with Crippen LogP contribution in [-0.4, -0.2) is 31.9 Å². The molecule has 0 bridgehead atoms. The Kier molecular flexibility index (Phi) is 17.0. The number of carboxylic acids is 1. The molecule has 0 aliphatic carbocycles. The lowest BCUT2D eigenvalue weighted by Gasteiger charge is -2.23. The van der Waals surface area contributed by atoms with Crippen molar-refractivity contribution < 1.29 is 20.1 Å². The summed E-state index contributed by atoms with van der Waals surface area (Å²) in [6.07, 6.45) is 19.9. The molecular formula is C22H42O4S. The number of aliphatic hydroxyl groups excluding tert-OH is 1. The SMILES string of the molecule is CCCCCCCCCCCCCCCCCCC(O)(CC(=O)O)C(O)=S. The first-order valence-corrected chi connectivity index (χ1v) is 11.5. The van der Waals surface area contributed by atoms with Gasteiger partial charge in [0, 0.05) is 0 Å². The van der Waals surface area contributed by atoms with Gasteiger partial charge in [0.2, 0.25) is 0 Å². The standard InChI is InChI=1S/C22H42O4S/c1-2-3-4-5-6-7-8-9-10-11-12-13-14-15-16-17-18-22(26,21(25)27)19-20(23)24/h26H,2-19H2,1H3,(H,23,24)(H,25,27). The highest BCUT2D eigenvalue weighted by Gasteiger charge is 2.34. The summed E-state index contributed by atoms with van der Waals surface area (Å²) in [6, 6.07) is 0. The summed E-state index contributed by atoms with van der Waals surface area (Å²) in [7, 11) is 0. The van der Waals surface area contributed by atoms with Crippen molar-refractivity contribution in [1.82, 2.24) is 0 Å². The summed E-state index contributed by atoms with van der Waals surface area (Å²) >= 11 is 4.60. The number of hydrogen-bond donors (Lipinski definition) is 3. The highest BCUT2D eigenvalue weighted by molar-refractivity contribution is 7.80. The highest BCUT2D eigenvalue weighted by Crippen LogP contribution is 2.22. The number of unbranched alkanes of at least 4 members (excludes halogenated alkanes) is 15. The largest absolute Gasteiger partial charge is 0.500 e. The van der Waals surface area contributed by atoms with Crippen LogP contribution in [0.25, 0.3) is 0 Å². The Balaban J connectivity index is 3.40. The molecule has 0 aromatic rings. The van der Waals surface area contributed by atoms with Crippen LogP contribution in [0.15, 0.2) is 0 Å². The lowest BCUT2D eigenvalue weighted by Crippen LogP contribution is -2.39. The molecule has 3 N–H and O–H groups in total. The zero-order chi connectivity index (χ0) is 20.4. The van der Waals surface area contributed by atoms with Crippen molar-refractivity contribution in [3.05, 3.63) is 0 Å². The van der Waals surface area contributed by atoms with Crippen molar-refractivity contribution in [2.24, 2.45) is 0 Å². The Morgan fingerprint density at radius 1 is 0.704 bits per heavy atom. The zero-order valence-electron chi connectivity index (χ0n) is 17.4. The molecule has 0 saturated heterocycles. The Hall–Kier alpha value is -0.680. The molecule has 0 aliphatic heterocycles. The Morgan fingerprint density at radius 2 is 1.04 bits per heavy atom. The maximum absolute atomic E-state index is 10.8. The molecule has 0 amide bonds. The fraction of sp³-hybridized carbons (Fsp3) is 0.909. The number of hydrogen-bond acceptors (Lipinski definition) is 3. The van der Waals surface area contributed by atoms with Crippen molar-refractivity contribution in [2.45, 2.75) is 128 Å². The van der Waals surface area contributed by atoms with Crippen LogP contribution in [0.2, 0.25) is 0 Å². The van der Waals surface area contributed by atoms with Crippen LogP contribution in [0, 0.1) is 0 Å². The molecule has 0 rings (SSSR count). The molecule has 4 nitrogen and oxygen atoms in total. The topological polar surface area (TPSA) is 77.8 Å². The van der Waals surface area contributed by atoms with Crippen molar-refractivity contribution in [2.75, 3.05) is 0 Å². The van der Waals surface area contributed by atoms with E-state index in [-0.39, 0.29) is 6.42 Å². The molecule has 160 valence electrons. The average molecular weight is 403 g/mol. The van der Waals surface area contributed by atoms with Crippen molar-refractivity contribution >= 4 is 23.2 Å². The van der Waals surface area contributed by atoms with Gasteiger partial charge >= 0.3 is 5.97 Å². The normalized spacial score (nSPS) is 13.4. The molecule has 27 heavy (non-hydrogen) atoms. The lowest BCUT2D eigenvalue weighted by atomic mass is 9.93. The second kappa shape index (κ2) is 17.4. The molecule has 0 fully saturated rings. The molecule has 0 aromatic carbocycles. The van der Waals surface area contributed by atoms with Crippen molar-refractivity contribution in [1.29, 1.82) is 0 Å². The lowest BCUT2D eigenvalue weighted by molar-refractivity contribution is -0.140. The molecule has 1 atom stereocenters. The van der Waals surface area contributed by atoms with Crippen LogP contribution in [0.3, 0.4) is 0 Å². The van der Waals surface area contributed by atoms with E-state index in [1.807, 2.05) is 0 Å². The summed E-state index contributed by atoms with van der Waals surface area (Å²) in [4.78, 5) is 10.8. The van der Waals surface area contributed by atoms with Gasteiger partial charge in [0.25, 0.3) is 0 Å². The summed E-state index contributed by atoms with van der Waals surface area (Å²) in [5, 5.41) is 27.7. The van der Waals surface area contributed by atoms with E-state index in [2.05, 4.69) is 19.1 Å². The first kappa shape index (κ1) is 26.3. The average Bonchev–Trinajstić information content (AvgIpc) is 2.60. The van der Waals surface area contributed by atoms with E-state index < -0.39 is 23.0 Å². The Morgan fingerprint density at radius 3 is 1.33 bits per heavy atom. The van der Waals surface area contributed by atoms with E-state index in [4.69, 9.17) is 5.11 Å². The van der Waals surface area contributed by atoms with E-state index in [1.54, 1.807) is 0 Å². The second-order valence-corrected chi connectivity index (χ2v) is 8.35. The maximum Gasteiger partial charge on any atom is 0.306 e. The number of thiocarbonyl (C=S) groups is 1. The van der Waals surface area contributed by atoms with Gasteiger partial charge in [-0.1, -0.05) is 110 Å². The van der Waals surface area contributed by atoms with Gasteiger partial charge in [-0.2, -0.15) is 0 Å². The maximum atomic E-state index is 10.8. The fourth-order valence-electron chi connectivity index (χ4n) is 3.49. The van der Waals surface area contributed by atoms with Gasteiger partial charge < -0.3 is 15.3 Å². The monoisotopic (exact) mass is 402 g/mol. The van der Waals surface area contributed by atoms with Crippen molar-refractivity contribution in [3.8, 4) is 0 Å². The van der Waals surface area contributed by atoms with Crippen LogP contribution >= 0.6 is 12.2 Å². The van der Waals surface area contributed by atoms with Gasteiger partial charge in [-0.05, 0) is 18.6 Å². The summed E-state index contributed by atoms with van der Waals surface area (Å²) in [6.45, 7) is 2.26. The highest BCUT2D eigenvalue weighted by atomic mass is 32.1. The predicted octanol–water partition coefficient (Wildman–Crippen LogP) is 6.73. The molecule has 0 spiro atoms. The Bertz CT molecular complexity index is 387. The number of rotatable bonds is 20. The minimum atomic E-state index is -1.75. The summed E-state index contributed by atoms with van der Waals surface area (Å²) < 4.78 is 0. The second-order valence-electron chi connectivity index (χ2n) is 7.96. The molecular weight excluding hydrogens is 360 g/mol. The van der Waals surface area contributed by atoms with Gasteiger partial charge in [0.15, 0.2) is 5.05 Å². The summed E-state index contributed by atoms with van der Waals surface area (Å²) in [5.74, 6) is -1.15. The molecule has 5 heteroatoms. The van der Waals surface area contributed by atoms with Crippen LogP contribution in [-0.2, 0) is 4.79 Å². The van der Waals surface area contributed by atoms with E-state index in [0.29, 0.717) is 6.42 Å². The van der Waals surface area contributed by atoms with Crippen LogP contribution < -0.4 is 0 Å². The van der Waals surface area contributed by atoms with Crippen LogP contribution in [0.1, 0.15) is 122 Å². The minimum absolute atomic E-state index is 0.215. The number of carboxylic acid groups (broad SMARTS) is 1. The smallest absolute Gasteiger partial charge is 0.306 e. The van der Waals surface area contributed by atoms with Gasteiger partial charge in [-0.25, -0.2) is 0 Å². The molecule has 0 heterocycles. The zero-order valence-corrected chi connectivity index (χ0v) is 18.2. The van der Waals surface area contributed by atoms with Gasteiger partial charge in [0.05, 0.1) is 6.42 Å². The molecule has 1 unspecified atom stereocenters. The van der Waals surface area contributed by atoms with Gasteiger partial charge in [-0.15, -0.1) is 0 Å². The first-order chi connectivity index (χ1) is 12.9. The molecule has 0 saturated carbocycles. The number of aliphatic carboxylic acids is 1. The van der Waals surface area contributed by atoms with E-state index in [0.717, 1.165) is 12.8 Å². The summed E-state index contributed by atoms with van der Waals surface area (Å²) in [5.41, 5.74) is -1.75. The fourth-order valence-corrected chi connectivity index (χ4v) is 3.66. The third kappa shape index (κ3) is 16.0. The third-order valence-electron chi connectivity index (χ3n) is 5.29. The third-order valence-corrected chi connectivity index (χ3v) is 5.67. The minimum Gasteiger partial charge on any atom is -0.500 e. The quantitative estimate of drug-likeness (QED) is 0.155. The predicted molar refractivity (Wildman–Crippen MR) is 117 cm³/mol. The van der Waals surface area contributed by atoms with Gasteiger partial charge in [-0.3, -0.25) is 4.79 Å². The van der Waals surface area contributed by atoms with Crippen LogP contribution in [0.4, 0.5) is 0 Å². The Labute approximate surface area is 171 Å². The molecule has 0 aromatic heterocycles. The molecule has 0 aliphatic rings. The van der Waals surface area contributed by atoms with Crippen LogP contribution in [0.5, 0.6) is 0 Å². The number of carbonyl (C=O) groups is 1. The van der Waals surface area contributed by atoms with Gasteiger partial charge in [0.1, 0.15) is 5.60 Å².